The number of aromatic carboxylic acids is 1. The van der Waals surface area contributed by atoms with Gasteiger partial charge in [0.05, 0.1) is 12.0 Å². The minimum Gasteiger partial charge on any atom is -0.478 e. The predicted molar refractivity (Wildman–Crippen MR) is 64.3 cm³/mol. The number of H-pyrrole nitrogens is 1. The third kappa shape index (κ3) is 2.94. The van der Waals surface area contributed by atoms with Crippen LogP contribution in [-0.2, 0) is 11.2 Å². The summed E-state index contributed by atoms with van der Waals surface area (Å²) in [6.45, 7) is 0. The molecule has 0 aliphatic heterocycles. The highest BCUT2D eigenvalue weighted by Crippen LogP contribution is 2.11. The van der Waals surface area contributed by atoms with Crippen molar-refractivity contribution >= 4 is 17.6 Å². The van der Waals surface area contributed by atoms with Gasteiger partial charge in [0.25, 0.3) is 0 Å². The number of carboxylic acid groups (broad SMARTS) is 1. The van der Waals surface area contributed by atoms with Crippen LogP contribution in [0.25, 0.3) is 0 Å². The van der Waals surface area contributed by atoms with Gasteiger partial charge in [-0.1, -0.05) is 6.07 Å². The van der Waals surface area contributed by atoms with Crippen molar-refractivity contribution in [3.63, 3.8) is 0 Å². The molecule has 0 unspecified atom stereocenters. The zero-order chi connectivity index (χ0) is 13.0. The average Bonchev–Trinajstić information content (AvgIpc) is 2.82. The molecule has 1 aromatic heterocycles. The summed E-state index contributed by atoms with van der Waals surface area (Å²) in [5.74, 6) is -1.26. The van der Waals surface area contributed by atoms with Crippen molar-refractivity contribution in [1.82, 2.24) is 10.2 Å². The molecule has 0 radical (unpaired) electrons. The van der Waals surface area contributed by atoms with Gasteiger partial charge in [0.1, 0.15) is 0 Å². The van der Waals surface area contributed by atoms with E-state index >= 15 is 0 Å². The van der Waals surface area contributed by atoms with Crippen LogP contribution in [-0.4, -0.2) is 27.2 Å². The molecule has 0 saturated heterocycles. The number of anilines is 1. The highest BCUT2D eigenvalue weighted by Gasteiger charge is 2.07. The van der Waals surface area contributed by atoms with Crippen molar-refractivity contribution in [3.05, 3.63) is 47.8 Å². The van der Waals surface area contributed by atoms with Crippen LogP contribution in [0.4, 0.5) is 5.69 Å². The van der Waals surface area contributed by atoms with Gasteiger partial charge in [-0.2, -0.15) is 5.10 Å². The summed E-state index contributed by atoms with van der Waals surface area (Å²) in [5.41, 5.74) is 1.29. The largest absolute Gasteiger partial charge is 0.478 e. The number of carbonyl (C=O) groups excluding carboxylic acids is 1. The molecular formula is C12H11N3O3. The van der Waals surface area contributed by atoms with Crippen LogP contribution in [0.1, 0.15) is 16.1 Å². The molecule has 0 fully saturated rings. The van der Waals surface area contributed by atoms with Crippen LogP contribution >= 0.6 is 0 Å². The second-order valence-electron chi connectivity index (χ2n) is 3.69. The predicted octanol–water partition coefficient (Wildman–Crippen LogP) is 1.29. The first-order chi connectivity index (χ1) is 8.65. The Morgan fingerprint density at radius 2 is 2.17 bits per heavy atom. The summed E-state index contributed by atoms with van der Waals surface area (Å²) in [6.07, 6.45) is 1.73. The number of hydrogen-bond acceptors (Lipinski definition) is 3. The van der Waals surface area contributed by atoms with E-state index in [1.165, 1.54) is 12.1 Å². The van der Waals surface area contributed by atoms with Crippen LogP contribution in [0.5, 0.6) is 0 Å². The monoisotopic (exact) mass is 245 g/mol. The number of aromatic amines is 1. The SMILES string of the molecule is O=C(Cc1ccn[nH]1)Nc1cccc(C(=O)O)c1. The lowest BCUT2D eigenvalue weighted by Crippen LogP contribution is -2.15. The fourth-order valence-corrected chi connectivity index (χ4v) is 1.49. The first kappa shape index (κ1) is 11.8. The summed E-state index contributed by atoms with van der Waals surface area (Å²) in [5, 5.41) is 17.9. The summed E-state index contributed by atoms with van der Waals surface area (Å²) in [6, 6.07) is 7.79. The van der Waals surface area contributed by atoms with Gasteiger partial charge >= 0.3 is 5.97 Å². The van der Waals surface area contributed by atoms with Crippen LogP contribution in [0.3, 0.4) is 0 Å². The molecule has 2 rings (SSSR count). The minimum atomic E-state index is -1.03. The number of amides is 1. The third-order valence-corrected chi connectivity index (χ3v) is 2.30. The standard InChI is InChI=1S/C12H11N3O3/c16-11(7-10-4-5-13-15-10)14-9-3-1-2-8(6-9)12(17)18/h1-6H,7H2,(H,13,15)(H,14,16)(H,17,18). The summed E-state index contributed by atoms with van der Waals surface area (Å²) >= 11 is 0. The molecule has 6 heteroatoms. The van der Waals surface area contributed by atoms with Gasteiger partial charge in [-0.15, -0.1) is 0 Å². The number of benzene rings is 1. The Balaban J connectivity index is 2.03. The number of hydrogen-bond donors (Lipinski definition) is 3. The lowest BCUT2D eigenvalue weighted by Gasteiger charge is -2.05. The topological polar surface area (TPSA) is 95.1 Å². The summed E-state index contributed by atoms with van der Waals surface area (Å²) in [4.78, 5) is 22.4. The number of carboxylic acids is 1. The molecule has 18 heavy (non-hydrogen) atoms. The van der Waals surface area contributed by atoms with E-state index in [2.05, 4.69) is 15.5 Å². The summed E-state index contributed by atoms with van der Waals surface area (Å²) in [7, 11) is 0. The van der Waals surface area contributed by atoms with Gasteiger partial charge in [-0.3, -0.25) is 9.89 Å². The Morgan fingerprint density at radius 1 is 1.33 bits per heavy atom. The molecule has 6 nitrogen and oxygen atoms in total. The van der Waals surface area contributed by atoms with Crippen LogP contribution in [0, 0.1) is 0 Å². The Hall–Kier alpha value is -2.63. The molecule has 0 bridgehead atoms. The van der Waals surface area contributed by atoms with Crippen molar-refractivity contribution in [1.29, 1.82) is 0 Å². The number of nitrogens with one attached hydrogen (secondary N) is 2. The molecule has 0 atom stereocenters. The van der Waals surface area contributed by atoms with Gasteiger partial charge < -0.3 is 10.4 Å². The molecule has 1 aromatic carbocycles. The molecule has 3 N–H and O–H groups in total. The van der Waals surface area contributed by atoms with E-state index in [0.717, 1.165) is 0 Å². The van der Waals surface area contributed by atoms with Crippen molar-refractivity contribution in [2.24, 2.45) is 0 Å². The van der Waals surface area contributed by atoms with Gasteiger partial charge in [-0.25, -0.2) is 4.79 Å². The molecule has 1 heterocycles. The van der Waals surface area contributed by atoms with Crippen molar-refractivity contribution < 1.29 is 14.7 Å². The first-order valence-electron chi connectivity index (χ1n) is 5.26. The van der Waals surface area contributed by atoms with Gasteiger partial charge in [0.2, 0.25) is 5.91 Å². The molecule has 1 amide bonds. The normalized spacial score (nSPS) is 10.0. The Kier molecular flexibility index (Phi) is 3.38. The van der Waals surface area contributed by atoms with E-state index in [1.54, 1.807) is 24.4 Å². The van der Waals surface area contributed by atoms with Crippen LogP contribution in [0.2, 0.25) is 0 Å². The fraction of sp³-hybridized carbons (Fsp3) is 0.0833. The minimum absolute atomic E-state index is 0.134. The van der Waals surface area contributed by atoms with E-state index < -0.39 is 5.97 Å². The van der Waals surface area contributed by atoms with Gasteiger partial charge in [0.15, 0.2) is 0 Å². The second-order valence-corrected chi connectivity index (χ2v) is 3.69. The van der Waals surface area contributed by atoms with E-state index in [4.69, 9.17) is 5.11 Å². The highest BCUT2D eigenvalue weighted by atomic mass is 16.4. The first-order valence-corrected chi connectivity index (χ1v) is 5.26. The smallest absolute Gasteiger partial charge is 0.335 e. The fourth-order valence-electron chi connectivity index (χ4n) is 1.49. The van der Waals surface area contributed by atoms with Crippen LogP contribution in [0.15, 0.2) is 36.5 Å². The number of nitrogens with zero attached hydrogens (tertiary/aromatic N) is 1. The molecule has 0 saturated carbocycles. The highest BCUT2D eigenvalue weighted by molar-refractivity contribution is 5.94. The van der Waals surface area contributed by atoms with E-state index in [-0.39, 0.29) is 17.9 Å². The van der Waals surface area contributed by atoms with E-state index in [1.807, 2.05) is 0 Å². The maximum absolute atomic E-state index is 11.7. The van der Waals surface area contributed by atoms with Crippen molar-refractivity contribution in [2.45, 2.75) is 6.42 Å². The number of aromatic nitrogens is 2. The molecule has 0 aliphatic rings. The molecule has 2 aromatic rings. The zero-order valence-electron chi connectivity index (χ0n) is 9.38. The lowest BCUT2D eigenvalue weighted by molar-refractivity contribution is -0.115. The maximum atomic E-state index is 11.7. The second kappa shape index (κ2) is 5.13. The van der Waals surface area contributed by atoms with Crippen LogP contribution < -0.4 is 5.32 Å². The third-order valence-electron chi connectivity index (χ3n) is 2.30. The molecule has 0 spiro atoms. The molecule has 0 aliphatic carbocycles. The number of carbonyl (C=O) groups is 2. The Bertz CT molecular complexity index is 564. The molecule has 92 valence electrons. The molecular weight excluding hydrogens is 234 g/mol. The van der Waals surface area contributed by atoms with E-state index in [9.17, 15) is 9.59 Å². The van der Waals surface area contributed by atoms with Crippen molar-refractivity contribution in [2.75, 3.05) is 5.32 Å². The zero-order valence-corrected chi connectivity index (χ0v) is 9.38. The Morgan fingerprint density at radius 3 is 2.83 bits per heavy atom. The average molecular weight is 245 g/mol. The maximum Gasteiger partial charge on any atom is 0.335 e. The quantitative estimate of drug-likeness (QED) is 0.756. The van der Waals surface area contributed by atoms with Gasteiger partial charge in [-0.05, 0) is 24.3 Å². The number of rotatable bonds is 4. The lowest BCUT2D eigenvalue weighted by atomic mass is 10.2. The Labute approximate surface area is 103 Å². The summed E-state index contributed by atoms with van der Waals surface area (Å²) < 4.78 is 0. The van der Waals surface area contributed by atoms with E-state index in [0.29, 0.717) is 11.4 Å². The van der Waals surface area contributed by atoms with Gasteiger partial charge in [0, 0.05) is 17.6 Å². The van der Waals surface area contributed by atoms with Crippen molar-refractivity contribution in [3.8, 4) is 0 Å².